The van der Waals surface area contributed by atoms with E-state index < -0.39 is 0 Å². The van der Waals surface area contributed by atoms with Gasteiger partial charge in [-0.1, -0.05) is 27.2 Å². The molecule has 128 valence electrons. The highest BCUT2D eigenvalue weighted by molar-refractivity contribution is 5.96. The van der Waals surface area contributed by atoms with Gasteiger partial charge in [0.05, 0.1) is 12.1 Å². The largest absolute Gasteiger partial charge is 0.313 e. The zero-order chi connectivity index (χ0) is 17.6. The Hall–Kier alpha value is -2.42. The summed E-state index contributed by atoms with van der Waals surface area (Å²) in [4.78, 5) is 4.42. The van der Waals surface area contributed by atoms with Crippen LogP contribution in [-0.2, 0) is 13.0 Å². The van der Waals surface area contributed by atoms with Gasteiger partial charge >= 0.3 is 0 Å². The van der Waals surface area contributed by atoms with Gasteiger partial charge in [0, 0.05) is 23.0 Å². The van der Waals surface area contributed by atoms with Crippen LogP contribution in [0.25, 0.3) is 16.6 Å². The lowest BCUT2D eigenvalue weighted by Gasteiger charge is -2.15. The van der Waals surface area contributed by atoms with Crippen LogP contribution in [0, 0.1) is 5.82 Å². The van der Waals surface area contributed by atoms with Crippen molar-refractivity contribution in [1.82, 2.24) is 4.57 Å². The second-order valence-electron chi connectivity index (χ2n) is 7.12. The lowest BCUT2D eigenvalue weighted by Crippen LogP contribution is -2.04. The number of nitrogens with zero attached hydrogens (tertiary/aromatic N) is 2. The van der Waals surface area contributed by atoms with E-state index in [4.69, 9.17) is 0 Å². The van der Waals surface area contributed by atoms with E-state index in [-0.39, 0.29) is 5.82 Å². The average molecular weight is 334 g/mol. The maximum Gasteiger partial charge on any atom is 0.123 e. The number of aromatic nitrogens is 1. The fourth-order valence-corrected chi connectivity index (χ4v) is 3.97. The molecule has 0 spiro atoms. The van der Waals surface area contributed by atoms with Crippen LogP contribution in [0.5, 0.6) is 0 Å². The molecule has 0 amide bonds. The van der Waals surface area contributed by atoms with Crippen molar-refractivity contribution in [2.24, 2.45) is 4.99 Å². The molecule has 2 heterocycles. The van der Waals surface area contributed by atoms with Crippen LogP contribution >= 0.6 is 0 Å². The number of hydrogen-bond donors (Lipinski definition) is 0. The van der Waals surface area contributed by atoms with Crippen molar-refractivity contribution in [3.05, 3.63) is 64.6 Å². The topological polar surface area (TPSA) is 17.3 Å². The molecule has 0 atom stereocenters. The quantitative estimate of drug-likeness (QED) is 0.575. The summed E-state index contributed by atoms with van der Waals surface area (Å²) in [5.74, 6) is 0.190. The van der Waals surface area contributed by atoms with Crippen molar-refractivity contribution < 1.29 is 4.39 Å². The van der Waals surface area contributed by atoms with E-state index in [1.54, 1.807) is 12.1 Å². The van der Waals surface area contributed by atoms with Crippen molar-refractivity contribution in [1.29, 1.82) is 0 Å². The summed E-state index contributed by atoms with van der Waals surface area (Å²) in [6, 6.07) is 11.4. The Labute approximate surface area is 148 Å². The van der Waals surface area contributed by atoms with Crippen molar-refractivity contribution in [3.8, 4) is 5.69 Å². The number of aryl methyl sites for hydroxylation is 1. The third-order valence-corrected chi connectivity index (χ3v) is 5.00. The third-order valence-electron chi connectivity index (χ3n) is 5.00. The SMILES string of the molecule is CCCc1c(C(C)C)n(-c2ccc(F)cc2)c2cc3c(cc12)CN=C3. The molecular weight excluding hydrogens is 311 g/mol. The standard InChI is InChI=1S/C22H23FN2/c1-4-5-19-20-10-15-12-24-13-16(15)11-21(20)25(22(19)14(2)3)18-8-6-17(23)7-9-18/h6-11,13-14H,4-5,12H2,1-3H3. The molecule has 0 fully saturated rings. The molecule has 0 saturated heterocycles. The van der Waals surface area contributed by atoms with E-state index in [1.807, 2.05) is 18.3 Å². The molecule has 1 aliphatic rings. The molecule has 2 aromatic carbocycles. The van der Waals surface area contributed by atoms with Crippen LogP contribution in [-0.4, -0.2) is 10.8 Å². The van der Waals surface area contributed by atoms with E-state index in [2.05, 4.69) is 42.5 Å². The number of benzene rings is 2. The molecule has 0 bridgehead atoms. The van der Waals surface area contributed by atoms with E-state index in [0.717, 1.165) is 25.1 Å². The second kappa shape index (κ2) is 6.14. The number of hydrogen-bond acceptors (Lipinski definition) is 1. The minimum absolute atomic E-state index is 0.201. The average Bonchev–Trinajstić information content (AvgIpc) is 3.16. The van der Waals surface area contributed by atoms with Crippen LogP contribution in [0.15, 0.2) is 41.4 Å². The zero-order valence-electron chi connectivity index (χ0n) is 15.0. The lowest BCUT2D eigenvalue weighted by atomic mass is 9.98. The molecule has 3 heteroatoms. The first-order valence-electron chi connectivity index (χ1n) is 9.06. The molecular formula is C22H23FN2. The maximum atomic E-state index is 13.5. The molecule has 0 N–H and O–H groups in total. The van der Waals surface area contributed by atoms with Gasteiger partial charge in [0.15, 0.2) is 0 Å². The maximum absolute atomic E-state index is 13.5. The summed E-state index contributed by atoms with van der Waals surface area (Å²) < 4.78 is 15.8. The Morgan fingerprint density at radius 2 is 1.92 bits per heavy atom. The van der Waals surface area contributed by atoms with Gasteiger partial charge in [-0.3, -0.25) is 4.99 Å². The van der Waals surface area contributed by atoms with Gasteiger partial charge in [-0.05, 0) is 65.4 Å². The summed E-state index contributed by atoms with van der Waals surface area (Å²) in [5.41, 5.74) is 7.48. The lowest BCUT2D eigenvalue weighted by molar-refractivity contribution is 0.627. The molecule has 0 aliphatic carbocycles. The fraction of sp³-hybridized carbons (Fsp3) is 0.318. The number of halogens is 1. The van der Waals surface area contributed by atoms with Crippen molar-refractivity contribution in [3.63, 3.8) is 0 Å². The van der Waals surface area contributed by atoms with Gasteiger partial charge in [-0.2, -0.15) is 0 Å². The third kappa shape index (κ3) is 2.58. The second-order valence-corrected chi connectivity index (χ2v) is 7.12. The van der Waals surface area contributed by atoms with E-state index in [0.29, 0.717) is 5.92 Å². The molecule has 25 heavy (non-hydrogen) atoms. The molecule has 0 radical (unpaired) electrons. The van der Waals surface area contributed by atoms with Crippen LogP contribution in [0.1, 0.15) is 55.5 Å². The van der Waals surface area contributed by atoms with Crippen LogP contribution in [0.2, 0.25) is 0 Å². The summed E-state index contributed by atoms with van der Waals surface area (Å²) >= 11 is 0. The van der Waals surface area contributed by atoms with Crippen molar-refractivity contribution in [2.45, 2.75) is 46.1 Å². The highest BCUT2D eigenvalue weighted by atomic mass is 19.1. The van der Waals surface area contributed by atoms with Crippen molar-refractivity contribution >= 4 is 17.1 Å². The zero-order valence-corrected chi connectivity index (χ0v) is 15.0. The highest BCUT2D eigenvalue weighted by Crippen LogP contribution is 2.37. The molecule has 0 unspecified atom stereocenters. The predicted molar refractivity (Wildman–Crippen MR) is 103 cm³/mol. The van der Waals surface area contributed by atoms with Gasteiger partial charge in [0.25, 0.3) is 0 Å². The summed E-state index contributed by atoms with van der Waals surface area (Å²) in [6.45, 7) is 7.47. The molecule has 0 saturated carbocycles. The van der Waals surface area contributed by atoms with Gasteiger partial charge in [-0.25, -0.2) is 4.39 Å². The Kier molecular flexibility index (Phi) is 3.95. The first-order valence-corrected chi connectivity index (χ1v) is 9.06. The number of rotatable bonds is 4. The molecule has 1 aromatic heterocycles. The minimum atomic E-state index is -0.201. The summed E-state index contributed by atoms with van der Waals surface area (Å²) in [6.07, 6.45) is 4.12. The Bertz CT molecular complexity index is 962. The Balaban J connectivity index is 2.09. The van der Waals surface area contributed by atoms with Crippen molar-refractivity contribution in [2.75, 3.05) is 0 Å². The Morgan fingerprint density at radius 3 is 2.60 bits per heavy atom. The van der Waals surface area contributed by atoms with Crippen LogP contribution in [0.4, 0.5) is 4.39 Å². The monoisotopic (exact) mass is 334 g/mol. The first-order chi connectivity index (χ1) is 12.1. The summed E-state index contributed by atoms with van der Waals surface area (Å²) in [7, 11) is 0. The predicted octanol–water partition coefficient (Wildman–Crippen LogP) is 5.78. The molecule has 4 rings (SSSR count). The van der Waals surface area contributed by atoms with Gasteiger partial charge in [-0.15, -0.1) is 0 Å². The fourth-order valence-electron chi connectivity index (χ4n) is 3.97. The van der Waals surface area contributed by atoms with Crippen LogP contribution < -0.4 is 0 Å². The molecule has 1 aliphatic heterocycles. The van der Waals surface area contributed by atoms with Crippen LogP contribution in [0.3, 0.4) is 0 Å². The molecule has 2 nitrogen and oxygen atoms in total. The van der Waals surface area contributed by atoms with E-state index in [9.17, 15) is 4.39 Å². The summed E-state index contributed by atoms with van der Waals surface area (Å²) in [5, 5.41) is 1.32. The minimum Gasteiger partial charge on any atom is -0.313 e. The van der Waals surface area contributed by atoms with Gasteiger partial charge in [0.2, 0.25) is 0 Å². The van der Waals surface area contributed by atoms with E-state index in [1.165, 1.54) is 33.3 Å². The highest BCUT2D eigenvalue weighted by Gasteiger charge is 2.22. The van der Waals surface area contributed by atoms with Gasteiger partial charge in [0.1, 0.15) is 5.82 Å². The molecule has 3 aromatic rings. The van der Waals surface area contributed by atoms with E-state index >= 15 is 0 Å². The normalized spacial score (nSPS) is 13.2. The van der Waals surface area contributed by atoms with Gasteiger partial charge < -0.3 is 4.57 Å². The first kappa shape index (κ1) is 16.1. The number of aliphatic imine (C=N–C) groups is 1. The Morgan fingerprint density at radius 1 is 1.16 bits per heavy atom. The number of fused-ring (bicyclic) bond motifs is 2. The smallest absolute Gasteiger partial charge is 0.123 e.